The molecule has 1 fully saturated rings. The summed E-state index contributed by atoms with van der Waals surface area (Å²) >= 11 is 6.31. The Morgan fingerprint density at radius 2 is 2.00 bits per heavy atom. The molecular weight excluding hydrogens is 410 g/mol. The van der Waals surface area contributed by atoms with E-state index >= 15 is 0 Å². The second kappa shape index (κ2) is 9.39. The number of halogens is 1. The van der Waals surface area contributed by atoms with E-state index in [0.29, 0.717) is 11.6 Å². The molecule has 31 heavy (non-hydrogen) atoms. The summed E-state index contributed by atoms with van der Waals surface area (Å²) in [5.41, 5.74) is 4.39. The molecule has 1 aliphatic heterocycles. The molecule has 3 aromatic rings. The number of hydrogen-bond donors (Lipinski definition) is 2. The van der Waals surface area contributed by atoms with Crippen LogP contribution in [0.25, 0.3) is 5.69 Å². The third kappa shape index (κ3) is 4.66. The predicted molar refractivity (Wildman–Crippen MR) is 126 cm³/mol. The number of nitrogens with one attached hydrogen (secondary N) is 2. The van der Waals surface area contributed by atoms with E-state index in [1.54, 1.807) is 13.2 Å². The number of benzene rings is 1. The molecule has 1 atom stereocenters. The van der Waals surface area contributed by atoms with Crippen molar-refractivity contribution < 1.29 is 0 Å². The topological polar surface area (TPSA) is 70.4 Å². The summed E-state index contributed by atoms with van der Waals surface area (Å²) in [5, 5.41) is 12.4. The quantitative estimate of drug-likeness (QED) is 0.472. The highest BCUT2D eigenvalue weighted by molar-refractivity contribution is 6.32. The number of guanidine groups is 1. The van der Waals surface area contributed by atoms with Gasteiger partial charge in [-0.25, -0.2) is 9.67 Å². The Balaban J connectivity index is 1.38. The molecule has 1 unspecified atom stereocenters. The lowest BCUT2D eigenvalue weighted by Crippen LogP contribution is -2.44. The van der Waals surface area contributed by atoms with Crippen LogP contribution in [0.4, 0.5) is 5.82 Å². The van der Waals surface area contributed by atoms with Crippen molar-refractivity contribution in [1.82, 2.24) is 25.4 Å². The second-order valence-electron chi connectivity index (χ2n) is 7.71. The fourth-order valence-corrected chi connectivity index (χ4v) is 4.23. The van der Waals surface area contributed by atoms with Gasteiger partial charge in [0.15, 0.2) is 5.96 Å². The third-order valence-electron chi connectivity index (χ3n) is 5.67. The number of anilines is 1. The largest absolute Gasteiger partial charge is 0.353 e. The van der Waals surface area contributed by atoms with Crippen molar-refractivity contribution in [3.05, 3.63) is 70.6 Å². The van der Waals surface area contributed by atoms with Crippen LogP contribution in [0.5, 0.6) is 0 Å². The fraction of sp³-hybridized carbons (Fsp3) is 0.348. The molecule has 0 amide bonds. The molecule has 2 aromatic heterocycles. The average molecular weight is 438 g/mol. The minimum Gasteiger partial charge on any atom is -0.353 e. The summed E-state index contributed by atoms with van der Waals surface area (Å²) in [6, 6.07) is 14.2. The van der Waals surface area contributed by atoms with Gasteiger partial charge < -0.3 is 15.5 Å². The smallest absolute Gasteiger partial charge is 0.191 e. The van der Waals surface area contributed by atoms with Crippen LogP contribution in [0.15, 0.2) is 53.7 Å². The van der Waals surface area contributed by atoms with Gasteiger partial charge >= 0.3 is 0 Å². The lowest BCUT2D eigenvalue weighted by molar-refractivity contribution is 0.647. The van der Waals surface area contributed by atoms with E-state index in [9.17, 15) is 0 Å². The van der Waals surface area contributed by atoms with E-state index in [1.165, 1.54) is 5.56 Å². The highest BCUT2D eigenvalue weighted by Gasteiger charge is 2.25. The molecule has 0 aliphatic carbocycles. The zero-order valence-corrected chi connectivity index (χ0v) is 18.9. The van der Waals surface area contributed by atoms with Crippen LogP contribution in [0.3, 0.4) is 0 Å². The lowest BCUT2D eigenvalue weighted by Gasteiger charge is -2.20. The standard InChI is InChI=1S/C23H28ClN7/c1-16-20(17(2)31(29-16)19-8-5-4-6-9-19)14-27-23(25-3)28-18-11-13-30(15-18)22-21(24)10-7-12-26-22/h4-10,12,18H,11,13-15H2,1-3H3,(H2,25,27,28). The Hall–Kier alpha value is -3.06. The molecule has 8 heteroatoms. The van der Waals surface area contributed by atoms with Crippen molar-refractivity contribution in [3.63, 3.8) is 0 Å². The highest BCUT2D eigenvalue weighted by atomic mass is 35.5. The van der Waals surface area contributed by atoms with Gasteiger partial charge in [-0.05, 0) is 44.5 Å². The van der Waals surface area contributed by atoms with Gasteiger partial charge in [0.1, 0.15) is 5.82 Å². The third-order valence-corrected chi connectivity index (χ3v) is 5.96. The Bertz CT molecular complexity index is 1060. The predicted octanol–water partition coefficient (Wildman–Crippen LogP) is 3.48. The first-order chi connectivity index (χ1) is 15.1. The number of hydrogen-bond acceptors (Lipinski definition) is 4. The summed E-state index contributed by atoms with van der Waals surface area (Å²) in [6.45, 7) is 6.55. The number of aryl methyl sites for hydroxylation is 1. The van der Waals surface area contributed by atoms with Crippen molar-refractivity contribution in [2.24, 2.45) is 4.99 Å². The molecule has 4 rings (SSSR count). The van der Waals surface area contributed by atoms with Crippen LogP contribution < -0.4 is 15.5 Å². The number of nitrogens with zero attached hydrogens (tertiary/aromatic N) is 5. The molecule has 0 radical (unpaired) electrons. The number of pyridine rings is 1. The van der Waals surface area contributed by atoms with Crippen molar-refractivity contribution >= 4 is 23.4 Å². The van der Waals surface area contributed by atoms with Crippen LogP contribution in [0.2, 0.25) is 5.02 Å². The number of aliphatic imine (C=N–C) groups is 1. The first-order valence-electron chi connectivity index (χ1n) is 10.5. The van der Waals surface area contributed by atoms with Gasteiger partial charge in [-0.3, -0.25) is 4.99 Å². The van der Waals surface area contributed by atoms with Gasteiger partial charge in [-0.15, -0.1) is 0 Å². The van der Waals surface area contributed by atoms with Gasteiger partial charge in [0.05, 0.1) is 16.4 Å². The van der Waals surface area contributed by atoms with E-state index in [0.717, 1.165) is 48.4 Å². The molecule has 0 spiro atoms. The van der Waals surface area contributed by atoms with Crippen molar-refractivity contribution in [2.45, 2.75) is 32.9 Å². The van der Waals surface area contributed by atoms with Gasteiger partial charge in [-0.1, -0.05) is 29.8 Å². The molecule has 1 aliphatic rings. The van der Waals surface area contributed by atoms with Crippen LogP contribution in [-0.2, 0) is 6.54 Å². The highest BCUT2D eigenvalue weighted by Crippen LogP contribution is 2.25. The van der Waals surface area contributed by atoms with Gasteiger partial charge in [0, 0.05) is 50.2 Å². The summed E-state index contributed by atoms with van der Waals surface area (Å²) in [5.74, 6) is 1.63. The van der Waals surface area contributed by atoms with Gasteiger partial charge in [0.2, 0.25) is 0 Å². The summed E-state index contributed by atoms with van der Waals surface area (Å²) in [7, 11) is 1.80. The van der Waals surface area contributed by atoms with E-state index in [2.05, 4.69) is 44.6 Å². The maximum atomic E-state index is 6.31. The Kier molecular flexibility index (Phi) is 6.42. The molecule has 3 heterocycles. The second-order valence-corrected chi connectivity index (χ2v) is 8.11. The fourth-order valence-electron chi connectivity index (χ4n) is 3.99. The van der Waals surface area contributed by atoms with Crippen LogP contribution in [0.1, 0.15) is 23.4 Å². The minimum absolute atomic E-state index is 0.276. The number of rotatable bonds is 5. The lowest BCUT2D eigenvalue weighted by atomic mass is 10.2. The van der Waals surface area contributed by atoms with E-state index in [4.69, 9.17) is 16.7 Å². The summed E-state index contributed by atoms with van der Waals surface area (Å²) < 4.78 is 1.99. The molecule has 1 aromatic carbocycles. The van der Waals surface area contributed by atoms with Gasteiger partial charge in [-0.2, -0.15) is 5.10 Å². The Labute approximate surface area is 188 Å². The number of aromatic nitrogens is 3. The summed E-state index contributed by atoms with van der Waals surface area (Å²) in [6.07, 6.45) is 2.78. The Morgan fingerprint density at radius 1 is 1.19 bits per heavy atom. The first-order valence-corrected chi connectivity index (χ1v) is 10.9. The van der Waals surface area contributed by atoms with Gasteiger partial charge in [0.25, 0.3) is 0 Å². The van der Waals surface area contributed by atoms with E-state index in [1.807, 2.05) is 41.9 Å². The van der Waals surface area contributed by atoms with Crippen molar-refractivity contribution in [2.75, 3.05) is 25.0 Å². The van der Waals surface area contributed by atoms with Crippen LogP contribution >= 0.6 is 11.6 Å². The average Bonchev–Trinajstić information content (AvgIpc) is 3.36. The van der Waals surface area contributed by atoms with Crippen molar-refractivity contribution in [1.29, 1.82) is 0 Å². The van der Waals surface area contributed by atoms with E-state index in [-0.39, 0.29) is 6.04 Å². The van der Waals surface area contributed by atoms with E-state index < -0.39 is 0 Å². The normalized spacial score (nSPS) is 16.6. The monoisotopic (exact) mass is 437 g/mol. The maximum Gasteiger partial charge on any atom is 0.191 e. The number of para-hydroxylation sites is 1. The van der Waals surface area contributed by atoms with Crippen LogP contribution in [0, 0.1) is 13.8 Å². The SMILES string of the molecule is CN=C(NCc1c(C)nn(-c2ccccc2)c1C)NC1CCN(c2ncccc2Cl)C1. The maximum absolute atomic E-state index is 6.31. The molecule has 2 N–H and O–H groups in total. The molecule has 1 saturated heterocycles. The molecular formula is C23H28ClN7. The molecule has 0 saturated carbocycles. The first kappa shape index (κ1) is 21.2. The zero-order chi connectivity index (χ0) is 21.8. The molecule has 0 bridgehead atoms. The molecule has 162 valence electrons. The molecule has 7 nitrogen and oxygen atoms in total. The minimum atomic E-state index is 0.276. The van der Waals surface area contributed by atoms with Crippen molar-refractivity contribution in [3.8, 4) is 5.69 Å². The van der Waals surface area contributed by atoms with Crippen LogP contribution in [-0.4, -0.2) is 46.9 Å². The summed E-state index contributed by atoms with van der Waals surface area (Å²) in [4.78, 5) is 11.1. The zero-order valence-electron chi connectivity index (χ0n) is 18.1. The Morgan fingerprint density at radius 3 is 2.74 bits per heavy atom.